The van der Waals surface area contributed by atoms with Gasteiger partial charge in [-0.25, -0.2) is 4.99 Å². The fourth-order valence-electron chi connectivity index (χ4n) is 0.583. The second kappa shape index (κ2) is 6.26. The minimum Gasteiger partial charge on any atom is -0.355 e. The van der Waals surface area contributed by atoms with Gasteiger partial charge in [-0.05, 0) is 13.1 Å². The SMILES string of the molecule is C=NC(=NC)NCCCC. The quantitative estimate of drug-likeness (QED) is 0.356. The lowest BCUT2D eigenvalue weighted by Gasteiger charge is -2.01. The van der Waals surface area contributed by atoms with Crippen molar-refractivity contribution < 1.29 is 0 Å². The third-order valence-electron chi connectivity index (χ3n) is 1.18. The first kappa shape index (κ1) is 9.14. The Morgan fingerprint density at radius 1 is 1.60 bits per heavy atom. The normalized spacial score (nSPS) is 11.2. The van der Waals surface area contributed by atoms with E-state index in [1.54, 1.807) is 7.05 Å². The van der Waals surface area contributed by atoms with Gasteiger partial charge in [0.15, 0.2) is 0 Å². The molecule has 0 spiro atoms. The van der Waals surface area contributed by atoms with Crippen molar-refractivity contribution in [2.24, 2.45) is 9.98 Å². The molecule has 1 N–H and O–H groups in total. The summed E-state index contributed by atoms with van der Waals surface area (Å²) in [5.41, 5.74) is 0. The van der Waals surface area contributed by atoms with Gasteiger partial charge in [0.05, 0.1) is 0 Å². The molecule has 0 aromatic heterocycles. The molecule has 0 atom stereocenters. The van der Waals surface area contributed by atoms with E-state index in [1.165, 1.54) is 6.42 Å². The Kier molecular flexibility index (Phi) is 5.72. The Bertz CT molecular complexity index is 118. The summed E-state index contributed by atoms with van der Waals surface area (Å²) in [6, 6.07) is 0. The van der Waals surface area contributed by atoms with Gasteiger partial charge in [-0.15, -0.1) is 0 Å². The number of nitrogens with one attached hydrogen (secondary N) is 1. The van der Waals surface area contributed by atoms with Crippen molar-refractivity contribution >= 4 is 12.7 Å². The molecule has 10 heavy (non-hydrogen) atoms. The maximum Gasteiger partial charge on any atom is 0.217 e. The molecule has 0 aromatic carbocycles. The number of hydrogen-bond acceptors (Lipinski definition) is 1. The Morgan fingerprint density at radius 2 is 2.30 bits per heavy atom. The van der Waals surface area contributed by atoms with Crippen LogP contribution in [0.3, 0.4) is 0 Å². The zero-order valence-electron chi connectivity index (χ0n) is 6.72. The highest BCUT2D eigenvalue weighted by atomic mass is 15.1. The van der Waals surface area contributed by atoms with E-state index in [4.69, 9.17) is 0 Å². The minimum absolute atomic E-state index is 0.633. The number of nitrogens with zero attached hydrogens (tertiary/aromatic N) is 2. The molecule has 0 heterocycles. The number of hydrogen-bond donors (Lipinski definition) is 1. The van der Waals surface area contributed by atoms with Crippen molar-refractivity contribution in [2.45, 2.75) is 19.8 Å². The van der Waals surface area contributed by atoms with Crippen molar-refractivity contribution in [1.29, 1.82) is 0 Å². The van der Waals surface area contributed by atoms with Crippen molar-refractivity contribution in [3.05, 3.63) is 0 Å². The molecule has 0 saturated carbocycles. The predicted octanol–water partition coefficient (Wildman–Crippen LogP) is 1.06. The van der Waals surface area contributed by atoms with Crippen LogP contribution in [0.15, 0.2) is 9.98 Å². The van der Waals surface area contributed by atoms with E-state index in [-0.39, 0.29) is 0 Å². The van der Waals surface area contributed by atoms with E-state index in [1.807, 2.05) is 0 Å². The lowest BCUT2D eigenvalue weighted by atomic mass is 10.3. The first-order chi connectivity index (χ1) is 4.85. The summed E-state index contributed by atoms with van der Waals surface area (Å²) < 4.78 is 0. The number of unbranched alkanes of at least 4 members (excludes halogenated alkanes) is 1. The fourth-order valence-corrected chi connectivity index (χ4v) is 0.583. The van der Waals surface area contributed by atoms with Crippen LogP contribution >= 0.6 is 0 Å². The molecule has 0 rings (SSSR count). The highest BCUT2D eigenvalue weighted by Gasteiger charge is 1.88. The molecule has 0 aliphatic carbocycles. The molecule has 0 radical (unpaired) electrons. The molecule has 3 nitrogen and oxygen atoms in total. The lowest BCUT2D eigenvalue weighted by Crippen LogP contribution is -2.22. The number of rotatable bonds is 3. The zero-order valence-corrected chi connectivity index (χ0v) is 6.72. The van der Waals surface area contributed by atoms with Gasteiger partial charge in [-0.2, -0.15) is 0 Å². The molecule has 0 saturated heterocycles. The van der Waals surface area contributed by atoms with E-state index in [2.05, 4.69) is 28.9 Å². The van der Waals surface area contributed by atoms with Crippen molar-refractivity contribution in [1.82, 2.24) is 5.32 Å². The van der Waals surface area contributed by atoms with Crippen LogP contribution in [0.4, 0.5) is 0 Å². The summed E-state index contributed by atoms with van der Waals surface area (Å²) in [5, 5.41) is 3.04. The molecular weight excluding hydrogens is 126 g/mol. The van der Waals surface area contributed by atoms with Gasteiger partial charge in [0.25, 0.3) is 0 Å². The van der Waals surface area contributed by atoms with Gasteiger partial charge < -0.3 is 5.32 Å². The summed E-state index contributed by atoms with van der Waals surface area (Å²) in [4.78, 5) is 7.52. The molecule has 58 valence electrons. The van der Waals surface area contributed by atoms with Gasteiger partial charge >= 0.3 is 0 Å². The molecule has 0 fully saturated rings. The maximum absolute atomic E-state index is 3.85. The first-order valence-corrected chi connectivity index (χ1v) is 3.52. The van der Waals surface area contributed by atoms with E-state index >= 15 is 0 Å². The van der Waals surface area contributed by atoms with Crippen LogP contribution in [-0.4, -0.2) is 26.3 Å². The Hall–Kier alpha value is -0.860. The third-order valence-corrected chi connectivity index (χ3v) is 1.18. The van der Waals surface area contributed by atoms with Crippen molar-refractivity contribution in [3.8, 4) is 0 Å². The lowest BCUT2D eigenvalue weighted by molar-refractivity contribution is 0.751. The third kappa shape index (κ3) is 4.06. The summed E-state index contributed by atoms with van der Waals surface area (Å²) >= 11 is 0. The van der Waals surface area contributed by atoms with Crippen LogP contribution in [0.2, 0.25) is 0 Å². The van der Waals surface area contributed by atoms with Gasteiger partial charge in [0.2, 0.25) is 5.96 Å². The molecular formula is C7H15N3. The second-order valence-electron chi connectivity index (χ2n) is 1.99. The largest absolute Gasteiger partial charge is 0.355 e. The van der Waals surface area contributed by atoms with E-state index in [0.29, 0.717) is 5.96 Å². The Labute approximate surface area is 62.3 Å². The van der Waals surface area contributed by atoms with Crippen LogP contribution in [0, 0.1) is 0 Å². The van der Waals surface area contributed by atoms with Crippen LogP contribution in [0.5, 0.6) is 0 Å². The van der Waals surface area contributed by atoms with E-state index in [0.717, 1.165) is 13.0 Å². The molecule has 0 amide bonds. The predicted molar refractivity (Wildman–Crippen MR) is 45.8 cm³/mol. The maximum atomic E-state index is 3.85. The second-order valence-corrected chi connectivity index (χ2v) is 1.99. The molecule has 0 bridgehead atoms. The molecule has 0 aliphatic heterocycles. The van der Waals surface area contributed by atoms with Crippen LogP contribution in [-0.2, 0) is 0 Å². The van der Waals surface area contributed by atoms with Crippen molar-refractivity contribution in [2.75, 3.05) is 13.6 Å². The summed E-state index contributed by atoms with van der Waals surface area (Å²) in [5.74, 6) is 0.633. The number of guanidine groups is 1. The van der Waals surface area contributed by atoms with Gasteiger partial charge in [0.1, 0.15) is 0 Å². The molecule has 0 aromatic rings. The molecule has 3 heteroatoms. The highest BCUT2D eigenvalue weighted by Crippen LogP contribution is 1.82. The highest BCUT2D eigenvalue weighted by molar-refractivity contribution is 5.83. The van der Waals surface area contributed by atoms with E-state index < -0.39 is 0 Å². The number of aliphatic imine (C=N–C) groups is 2. The van der Waals surface area contributed by atoms with Crippen LogP contribution < -0.4 is 5.32 Å². The minimum atomic E-state index is 0.633. The average molecular weight is 141 g/mol. The smallest absolute Gasteiger partial charge is 0.217 e. The first-order valence-electron chi connectivity index (χ1n) is 3.52. The Balaban J connectivity index is 3.36. The molecule has 0 unspecified atom stereocenters. The van der Waals surface area contributed by atoms with Gasteiger partial charge in [-0.1, -0.05) is 13.3 Å². The average Bonchev–Trinajstić information content (AvgIpc) is 1.99. The summed E-state index contributed by atoms with van der Waals surface area (Å²) in [6.45, 7) is 6.44. The van der Waals surface area contributed by atoms with Crippen LogP contribution in [0.25, 0.3) is 0 Å². The van der Waals surface area contributed by atoms with Gasteiger partial charge in [0, 0.05) is 13.6 Å². The topological polar surface area (TPSA) is 36.8 Å². The fraction of sp³-hybridized carbons (Fsp3) is 0.714. The van der Waals surface area contributed by atoms with Crippen LogP contribution in [0.1, 0.15) is 19.8 Å². The molecule has 0 aliphatic rings. The summed E-state index contributed by atoms with van der Waals surface area (Å²) in [7, 11) is 1.70. The monoisotopic (exact) mass is 141 g/mol. The van der Waals surface area contributed by atoms with Gasteiger partial charge in [-0.3, -0.25) is 4.99 Å². The van der Waals surface area contributed by atoms with E-state index in [9.17, 15) is 0 Å². The summed E-state index contributed by atoms with van der Waals surface area (Å²) in [6.07, 6.45) is 2.33. The van der Waals surface area contributed by atoms with Crippen molar-refractivity contribution in [3.63, 3.8) is 0 Å². The zero-order chi connectivity index (χ0) is 7.82. The standard InChI is InChI=1S/C7H15N3/c1-4-5-6-10-7(8-2)9-3/h2,4-6H2,1,3H3,(H,9,10). The Morgan fingerprint density at radius 3 is 2.70 bits per heavy atom.